The van der Waals surface area contributed by atoms with Gasteiger partial charge in [-0.2, -0.15) is 0 Å². The molecule has 1 aliphatic rings. The number of hydrogen-bond acceptors (Lipinski definition) is 5. The minimum Gasteiger partial charge on any atom is -0.398 e. The molecule has 1 aromatic rings. The van der Waals surface area contributed by atoms with E-state index in [1.165, 1.54) is 0 Å². The van der Waals surface area contributed by atoms with Gasteiger partial charge in [-0.1, -0.05) is 0 Å². The number of nitrogens with two attached hydrogens (primary N) is 2. The zero-order chi connectivity index (χ0) is 13.0. The van der Waals surface area contributed by atoms with Gasteiger partial charge in [-0.25, -0.2) is 0 Å². The summed E-state index contributed by atoms with van der Waals surface area (Å²) in [6.45, 7) is 2.44. The number of anilines is 2. The van der Waals surface area contributed by atoms with Gasteiger partial charge in [0.1, 0.15) is 0 Å². The molecule has 6 nitrogen and oxygen atoms in total. The zero-order valence-electron chi connectivity index (χ0n) is 10.0. The molecule has 1 unspecified atom stereocenters. The quantitative estimate of drug-likeness (QED) is 0.664. The molecule has 2 rings (SSSR count). The molecule has 0 spiro atoms. The Hall–Kier alpha value is -1.79. The summed E-state index contributed by atoms with van der Waals surface area (Å²) in [5.74, 6) is -0.534. The summed E-state index contributed by atoms with van der Waals surface area (Å²) in [6, 6.07) is 5.09. The molecule has 0 aromatic heterocycles. The first-order valence-electron chi connectivity index (χ1n) is 5.79. The van der Waals surface area contributed by atoms with Crippen molar-refractivity contribution < 1.29 is 14.3 Å². The van der Waals surface area contributed by atoms with E-state index in [1.807, 2.05) is 0 Å². The van der Waals surface area contributed by atoms with Crippen LogP contribution in [0.2, 0.25) is 0 Å². The van der Waals surface area contributed by atoms with Crippen molar-refractivity contribution in [3.63, 3.8) is 0 Å². The lowest BCUT2D eigenvalue weighted by Gasteiger charge is -2.23. The number of ether oxygens (including phenoxy) is 2. The Kier molecular flexibility index (Phi) is 4.01. The number of primary amides is 1. The highest BCUT2D eigenvalue weighted by Crippen LogP contribution is 2.17. The first kappa shape index (κ1) is 12.7. The van der Waals surface area contributed by atoms with Gasteiger partial charge in [-0.15, -0.1) is 0 Å². The van der Waals surface area contributed by atoms with Gasteiger partial charge in [0.15, 0.2) is 0 Å². The van der Waals surface area contributed by atoms with E-state index >= 15 is 0 Å². The van der Waals surface area contributed by atoms with E-state index < -0.39 is 5.91 Å². The molecular formula is C12H17N3O3. The van der Waals surface area contributed by atoms with Crippen LogP contribution in [0.3, 0.4) is 0 Å². The lowest BCUT2D eigenvalue weighted by molar-refractivity contribution is -0.0818. The molecule has 1 heterocycles. The summed E-state index contributed by atoms with van der Waals surface area (Å²) < 4.78 is 10.8. The number of carbonyl (C=O) groups excluding carboxylic acids is 1. The summed E-state index contributed by atoms with van der Waals surface area (Å²) in [7, 11) is 0. The molecule has 0 saturated carbocycles. The SMILES string of the molecule is NC(=O)c1cc(NCC2COCCO2)ccc1N. The minimum absolute atomic E-state index is 0.0216. The fraction of sp³-hybridized carbons (Fsp3) is 0.417. The summed E-state index contributed by atoms with van der Waals surface area (Å²) in [5, 5.41) is 3.17. The van der Waals surface area contributed by atoms with Crippen molar-refractivity contribution in [1.29, 1.82) is 0 Å². The van der Waals surface area contributed by atoms with Crippen molar-refractivity contribution in [3.8, 4) is 0 Å². The first-order valence-corrected chi connectivity index (χ1v) is 5.79. The average molecular weight is 251 g/mol. The number of benzene rings is 1. The van der Waals surface area contributed by atoms with Gasteiger partial charge in [0, 0.05) is 17.9 Å². The van der Waals surface area contributed by atoms with Crippen molar-refractivity contribution in [1.82, 2.24) is 0 Å². The highest BCUT2D eigenvalue weighted by molar-refractivity contribution is 5.98. The van der Waals surface area contributed by atoms with Crippen LogP contribution in [0.15, 0.2) is 18.2 Å². The third-order valence-electron chi connectivity index (χ3n) is 2.74. The van der Waals surface area contributed by atoms with Crippen LogP contribution in [0.4, 0.5) is 11.4 Å². The lowest BCUT2D eigenvalue weighted by Crippen LogP contribution is -2.34. The minimum atomic E-state index is -0.534. The fourth-order valence-electron chi connectivity index (χ4n) is 1.77. The molecule has 0 radical (unpaired) electrons. The van der Waals surface area contributed by atoms with Gasteiger partial charge in [-0.05, 0) is 18.2 Å². The molecule has 1 atom stereocenters. The van der Waals surface area contributed by atoms with E-state index in [-0.39, 0.29) is 6.10 Å². The number of nitrogens with one attached hydrogen (secondary N) is 1. The highest BCUT2D eigenvalue weighted by Gasteiger charge is 2.14. The predicted molar refractivity (Wildman–Crippen MR) is 68.4 cm³/mol. The zero-order valence-corrected chi connectivity index (χ0v) is 10.0. The highest BCUT2D eigenvalue weighted by atomic mass is 16.6. The van der Waals surface area contributed by atoms with Crippen molar-refractivity contribution in [2.24, 2.45) is 5.73 Å². The van der Waals surface area contributed by atoms with Crippen molar-refractivity contribution in [3.05, 3.63) is 23.8 Å². The van der Waals surface area contributed by atoms with Gasteiger partial charge >= 0.3 is 0 Å². The number of hydrogen-bond donors (Lipinski definition) is 3. The third-order valence-corrected chi connectivity index (χ3v) is 2.74. The maximum atomic E-state index is 11.1. The van der Waals surface area contributed by atoms with Crippen LogP contribution in [0.25, 0.3) is 0 Å². The van der Waals surface area contributed by atoms with E-state index in [0.29, 0.717) is 37.6 Å². The van der Waals surface area contributed by atoms with E-state index in [9.17, 15) is 4.79 Å². The standard InChI is InChI=1S/C12H17N3O3/c13-11-2-1-8(5-10(11)12(14)16)15-6-9-7-17-3-4-18-9/h1-2,5,9,15H,3-4,6-7,13H2,(H2,14,16). The average Bonchev–Trinajstić information content (AvgIpc) is 2.38. The summed E-state index contributed by atoms with van der Waals surface area (Å²) in [5.41, 5.74) is 12.4. The second-order valence-electron chi connectivity index (χ2n) is 4.11. The van der Waals surface area contributed by atoms with Gasteiger partial charge < -0.3 is 26.3 Å². The molecule has 1 aromatic carbocycles. The largest absolute Gasteiger partial charge is 0.398 e. The van der Waals surface area contributed by atoms with Crippen LogP contribution in [0.5, 0.6) is 0 Å². The molecule has 5 N–H and O–H groups in total. The van der Waals surface area contributed by atoms with Crippen LogP contribution in [-0.2, 0) is 9.47 Å². The molecule has 0 aliphatic carbocycles. The Balaban J connectivity index is 1.96. The van der Waals surface area contributed by atoms with Crippen molar-refractivity contribution in [2.75, 3.05) is 37.4 Å². The number of amides is 1. The van der Waals surface area contributed by atoms with Crippen LogP contribution in [0, 0.1) is 0 Å². The van der Waals surface area contributed by atoms with E-state index in [0.717, 1.165) is 5.69 Å². The Bertz CT molecular complexity index is 431. The Morgan fingerprint density at radius 3 is 2.94 bits per heavy atom. The molecule has 98 valence electrons. The monoisotopic (exact) mass is 251 g/mol. The third kappa shape index (κ3) is 3.12. The topological polar surface area (TPSA) is 99.6 Å². The van der Waals surface area contributed by atoms with E-state index in [2.05, 4.69) is 5.32 Å². The molecule has 6 heteroatoms. The molecule has 1 fully saturated rings. The summed E-state index contributed by atoms with van der Waals surface area (Å²) in [4.78, 5) is 11.1. The molecule has 18 heavy (non-hydrogen) atoms. The molecule has 1 amide bonds. The van der Waals surface area contributed by atoms with E-state index in [1.54, 1.807) is 18.2 Å². The van der Waals surface area contributed by atoms with E-state index in [4.69, 9.17) is 20.9 Å². The fourth-order valence-corrected chi connectivity index (χ4v) is 1.77. The van der Waals surface area contributed by atoms with Gasteiger partial charge in [0.25, 0.3) is 5.91 Å². The summed E-state index contributed by atoms with van der Waals surface area (Å²) in [6.07, 6.45) is 0.0216. The van der Waals surface area contributed by atoms with Crippen LogP contribution >= 0.6 is 0 Å². The molecule has 1 saturated heterocycles. The van der Waals surface area contributed by atoms with Gasteiger partial charge in [0.2, 0.25) is 0 Å². The predicted octanol–water partition coefficient (Wildman–Crippen LogP) is 0.195. The molecule has 0 bridgehead atoms. The maximum absolute atomic E-state index is 11.1. The van der Waals surface area contributed by atoms with Crippen molar-refractivity contribution >= 4 is 17.3 Å². The van der Waals surface area contributed by atoms with Crippen LogP contribution in [0.1, 0.15) is 10.4 Å². The second kappa shape index (κ2) is 5.70. The summed E-state index contributed by atoms with van der Waals surface area (Å²) >= 11 is 0. The lowest BCUT2D eigenvalue weighted by atomic mass is 10.1. The second-order valence-corrected chi connectivity index (χ2v) is 4.11. The number of nitrogen functional groups attached to an aromatic ring is 1. The normalized spacial score (nSPS) is 19.4. The number of rotatable bonds is 4. The number of carbonyl (C=O) groups is 1. The maximum Gasteiger partial charge on any atom is 0.250 e. The Labute approximate surface area is 105 Å². The Morgan fingerprint density at radius 1 is 1.44 bits per heavy atom. The van der Waals surface area contributed by atoms with Crippen LogP contribution < -0.4 is 16.8 Å². The Morgan fingerprint density at radius 2 is 2.28 bits per heavy atom. The smallest absolute Gasteiger partial charge is 0.250 e. The van der Waals surface area contributed by atoms with Gasteiger partial charge in [0.05, 0.1) is 31.5 Å². The molecular weight excluding hydrogens is 234 g/mol. The van der Waals surface area contributed by atoms with Gasteiger partial charge in [-0.3, -0.25) is 4.79 Å². The molecule has 1 aliphatic heterocycles. The van der Waals surface area contributed by atoms with Crippen molar-refractivity contribution in [2.45, 2.75) is 6.10 Å². The first-order chi connectivity index (χ1) is 8.66. The van der Waals surface area contributed by atoms with Crippen LogP contribution in [-0.4, -0.2) is 38.4 Å².